The second-order valence-electron chi connectivity index (χ2n) is 15.1. The van der Waals surface area contributed by atoms with Gasteiger partial charge in [-0.1, -0.05) is 129 Å². The van der Waals surface area contributed by atoms with E-state index in [2.05, 4.69) is 218 Å². The predicted octanol–water partition coefficient (Wildman–Crippen LogP) is 14.0. The third-order valence-corrected chi connectivity index (χ3v) is 11.6. The van der Waals surface area contributed by atoms with Gasteiger partial charge in [0.1, 0.15) is 0 Å². The minimum absolute atomic E-state index is 0.261. The molecule has 0 unspecified atom stereocenters. The first-order valence-corrected chi connectivity index (χ1v) is 18.8. The minimum Gasteiger partial charge on any atom is -0.342 e. The van der Waals surface area contributed by atoms with Crippen molar-refractivity contribution < 1.29 is 0 Å². The normalized spacial score (nSPS) is 13.0. The third-order valence-electron chi connectivity index (χ3n) is 11.6. The highest BCUT2D eigenvalue weighted by Crippen LogP contribution is 2.56. The van der Waals surface area contributed by atoms with Crippen molar-refractivity contribution >= 4 is 66.7 Å². The number of anilines is 6. The van der Waals surface area contributed by atoms with Gasteiger partial charge in [0.2, 0.25) is 0 Å². The summed E-state index contributed by atoms with van der Waals surface area (Å²) >= 11 is 0. The van der Waals surface area contributed by atoms with E-state index < -0.39 is 0 Å². The summed E-state index contributed by atoms with van der Waals surface area (Å²) in [6.45, 7) is 6.94. The lowest BCUT2D eigenvalue weighted by molar-refractivity contribution is 0.661. The first-order valence-electron chi connectivity index (χ1n) is 18.8. The van der Waals surface area contributed by atoms with Gasteiger partial charge in [0.25, 0.3) is 0 Å². The van der Waals surface area contributed by atoms with Gasteiger partial charge in [0.05, 0.1) is 16.9 Å². The van der Waals surface area contributed by atoms with Crippen LogP contribution in [-0.2, 0) is 12.5 Å². The van der Waals surface area contributed by atoms with Gasteiger partial charge in [-0.3, -0.25) is 0 Å². The van der Waals surface area contributed by atoms with Crippen LogP contribution >= 0.6 is 0 Å². The van der Waals surface area contributed by atoms with Crippen molar-refractivity contribution in [3.63, 3.8) is 0 Å². The molecule has 260 valence electrons. The van der Waals surface area contributed by atoms with Gasteiger partial charge in [0.15, 0.2) is 0 Å². The van der Waals surface area contributed by atoms with E-state index in [9.17, 15) is 0 Å². The van der Waals surface area contributed by atoms with Crippen LogP contribution in [0.3, 0.4) is 0 Å². The molecule has 0 bridgehead atoms. The van der Waals surface area contributed by atoms with Crippen molar-refractivity contribution in [1.82, 2.24) is 4.57 Å². The molecule has 0 amide bonds. The molecular weight excluding hydrogens is 655 g/mol. The first-order chi connectivity index (χ1) is 26.4. The number of fused-ring (bicyclic) bond motifs is 8. The summed E-state index contributed by atoms with van der Waals surface area (Å²) < 4.78 is 2.36. The maximum Gasteiger partial charge on any atom is 0.0733 e. The molecule has 0 atom stereocenters. The molecule has 1 aromatic heterocycles. The Morgan fingerprint density at radius 3 is 1.74 bits per heavy atom. The Hall–Kier alpha value is -6.58. The molecule has 1 aliphatic rings. The smallest absolute Gasteiger partial charge is 0.0733 e. The highest BCUT2D eigenvalue weighted by atomic mass is 15.2. The highest BCUT2D eigenvalue weighted by Gasteiger charge is 2.38. The van der Waals surface area contributed by atoms with E-state index >= 15 is 0 Å². The largest absolute Gasteiger partial charge is 0.342 e. The number of aryl methyl sites for hydroxylation is 2. The van der Waals surface area contributed by atoms with Crippen LogP contribution in [-0.4, -0.2) is 4.57 Å². The number of hydrogen-bond donors (Lipinski definition) is 0. The molecule has 9 aromatic rings. The molecule has 10 rings (SSSR count). The number of hydrogen-bond acceptors (Lipinski definition) is 2. The Morgan fingerprint density at radius 1 is 0.444 bits per heavy atom. The molecular formula is C51H41N3. The summed E-state index contributed by atoms with van der Waals surface area (Å²) in [5.41, 5.74) is 15.7. The molecule has 0 saturated heterocycles. The zero-order chi connectivity index (χ0) is 36.6. The lowest BCUT2D eigenvalue weighted by atomic mass is 9.81. The molecule has 3 heteroatoms. The van der Waals surface area contributed by atoms with E-state index in [0.717, 1.165) is 28.4 Å². The van der Waals surface area contributed by atoms with Gasteiger partial charge in [0, 0.05) is 56.9 Å². The van der Waals surface area contributed by atoms with Gasteiger partial charge >= 0.3 is 0 Å². The molecule has 3 nitrogen and oxygen atoms in total. The minimum atomic E-state index is -0.261. The number of para-hydroxylation sites is 4. The van der Waals surface area contributed by atoms with Gasteiger partial charge in [-0.15, -0.1) is 0 Å². The lowest BCUT2D eigenvalue weighted by Crippen LogP contribution is -2.18. The summed E-state index contributed by atoms with van der Waals surface area (Å²) in [6, 6.07) is 64.5. The summed E-state index contributed by atoms with van der Waals surface area (Å²) in [6.07, 6.45) is 0. The number of rotatable bonds is 6. The number of aromatic nitrogens is 1. The van der Waals surface area contributed by atoms with Crippen molar-refractivity contribution in [3.05, 3.63) is 193 Å². The van der Waals surface area contributed by atoms with E-state index in [0.29, 0.717) is 0 Å². The summed E-state index contributed by atoms with van der Waals surface area (Å²) in [7, 11) is 2.20. The van der Waals surface area contributed by atoms with Crippen LogP contribution in [0.5, 0.6) is 0 Å². The third kappa shape index (κ3) is 4.82. The Morgan fingerprint density at radius 2 is 1.02 bits per heavy atom. The molecule has 0 fully saturated rings. The lowest BCUT2D eigenvalue weighted by Gasteiger charge is -2.30. The molecule has 1 heterocycles. The zero-order valence-electron chi connectivity index (χ0n) is 31.1. The van der Waals surface area contributed by atoms with Crippen LogP contribution < -0.4 is 9.80 Å². The zero-order valence-corrected chi connectivity index (χ0v) is 31.1. The van der Waals surface area contributed by atoms with Crippen molar-refractivity contribution in [2.75, 3.05) is 9.80 Å². The fraction of sp³-hybridized carbons (Fsp3) is 0.0980. The van der Waals surface area contributed by atoms with E-state index in [1.165, 1.54) is 66.1 Å². The van der Waals surface area contributed by atoms with Crippen molar-refractivity contribution in [3.8, 4) is 11.1 Å². The van der Waals surface area contributed by atoms with Crippen LogP contribution in [0.1, 0.15) is 30.5 Å². The van der Waals surface area contributed by atoms with E-state index in [4.69, 9.17) is 0 Å². The van der Waals surface area contributed by atoms with Crippen molar-refractivity contribution in [2.24, 2.45) is 7.05 Å². The van der Waals surface area contributed by atoms with Gasteiger partial charge in [-0.25, -0.2) is 0 Å². The average Bonchev–Trinajstić information content (AvgIpc) is 3.63. The Kier molecular flexibility index (Phi) is 7.28. The SMILES string of the molecule is Cc1ccc(N(c2ccccc2)c2ccc3c(c2)C(C)(C)c2cc(N(c4ccccc4)c4cccc5c6ccccc6n(C)c45)c4ccccc4c2-3)cc1. The molecule has 0 aliphatic heterocycles. The fourth-order valence-corrected chi connectivity index (χ4v) is 8.97. The van der Waals surface area contributed by atoms with Gasteiger partial charge in [-0.2, -0.15) is 0 Å². The standard InChI is InChI=1S/C51H41N3/c1-34-26-28-37(29-27-34)53(35-16-7-5-8-17-35)38-30-31-43-44(32-38)51(2,3)45-33-48(39-20-11-12-22-41(39)49(43)45)54(36-18-9-6-10-19-36)47-25-15-23-42-40-21-13-14-24-46(40)52(4)50(42)47/h5-33H,1-4H3. The van der Waals surface area contributed by atoms with Crippen LogP contribution in [0, 0.1) is 6.92 Å². The van der Waals surface area contributed by atoms with Crippen LogP contribution in [0.25, 0.3) is 43.7 Å². The van der Waals surface area contributed by atoms with E-state index in [1.54, 1.807) is 0 Å². The Bertz CT molecular complexity index is 2870. The highest BCUT2D eigenvalue weighted by molar-refractivity contribution is 6.16. The van der Waals surface area contributed by atoms with Crippen molar-refractivity contribution in [2.45, 2.75) is 26.2 Å². The molecule has 0 saturated carbocycles. The first kappa shape index (κ1) is 32.1. The van der Waals surface area contributed by atoms with Gasteiger partial charge < -0.3 is 14.4 Å². The monoisotopic (exact) mass is 695 g/mol. The quantitative estimate of drug-likeness (QED) is 0.172. The topological polar surface area (TPSA) is 11.4 Å². The summed E-state index contributed by atoms with van der Waals surface area (Å²) in [5.74, 6) is 0. The predicted molar refractivity (Wildman–Crippen MR) is 230 cm³/mol. The second kappa shape index (κ2) is 12.2. The average molecular weight is 696 g/mol. The van der Waals surface area contributed by atoms with Crippen LogP contribution in [0.2, 0.25) is 0 Å². The Labute approximate surface area is 317 Å². The number of nitrogens with zero attached hydrogens (tertiary/aromatic N) is 3. The molecule has 0 radical (unpaired) electrons. The maximum atomic E-state index is 2.49. The van der Waals surface area contributed by atoms with E-state index in [-0.39, 0.29) is 5.41 Å². The molecule has 8 aromatic carbocycles. The fourth-order valence-electron chi connectivity index (χ4n) is 8.97. The van der Waals surface area contributed by atoms with Crippen molar-refractivity contribution in [1.29, 1.82) is 0 Å². The number of benzene rings is 8. The summed E-state index contributed by atoms with van der Waals surface area (Å²) in [4.78, 5) is 4.87. The second-order valence-corrected chi connectivity index (χ2v) is 15.1. The van der Waals surface area contributed by atoms with E-state index in [1.807, 2.05) is 0 Å². The Balaban J connectivity index is 1.21. The molecule has 1 aliphatic carbocycles. The maximum absolute atomic E-state index is 2.49. The molecule has 0 spiro atoms. The summed E-state index contributed by atoms with van der Waals surface area (Å²) in [5, 5.41) is 5.03. The molecule has 54 heavy (non-hydrogen) atoms. The van der Waals surface area contributed by atoms with Crippen LogP contribution in [0.15, 0.2) is 176 Å². The molecule has 0 N–H and O–H groups in total. The van der Waals surface area contributed by atoms with Gasteiger partial charge in [-0.05, 0) is 101 Å². The van der Waals surface area contributed by atoms with Crippen LogP contribution in [0.4, 0.5) is 34.1 Å².